The van der Waals surface area contributed by atoms with Crippen molar-refractivity contribution >= 4 is 22.8 Å². The molecule has 2 fully saturated rings. The molecule has 144 valence electrons. The van der Waals surface area contributed by atoms with E-state index in [9.17, 15) is 9.59 Å². The quantitative estimate of drug-likeness (QED) is 0.823. The standard InChI is InChI=1S/C21H27N3O3/c1-2-27-21(26)19-13-16-12-15(7-8-18(16)22-19)20(25)24-11-5-6-17(24)14-23-9-3-4-10-23/h7-8,12-13,17,22H,2-6,9-11,14H2,1H3. The Balaban J connectivity index is 1.52. The third kappa shape index (κ3) is 3.72. The second-order valence-corrected chi connectivity index (χ2v) is 7.51. The normalized spacial score (nSPS) is 20.5. The van der Waals surface area contributed by atoms with Crippen LogP contribution in [0.3, 0.4) is 0 Å². The Morgan fingerprint density at radius 2 is 1.96 bits per heavy atom. The van der Waals surface area contributed by atoms with Gasteiger partial charge in [-0.25, -0.2) is 4.79 Å². The highest BCUT2D eigenvalue weighted by molar-refractivity contribution is 6.00. The molecular formula is C21H27N3O3. The number of ether oxygens (including phenoxy) is 1. The number of amides is 1. The molecule has 1 atom stereocenters. The number of fused-ring (bicyclic) bond motifs is 1. The third-order valence-corrected chi connectivity index (χ3v) is 5.67. The molecule has 3 heterocycles. The van der Waals surface area contributed by atoms with Crippen LogP contribution in [0.1, 0.15) is 53.5 Å². The number of carbonyl (C=O) groups is 2. The van der Waals surface area contributed by atoms with Crippen molar-refractivity contribution in [2.75, 3.05) is 32.8 Å². The number of hydrogen-bond donors (Lipinski definition) is 1. The van der Waals surface area contributed by atoms with Crippen LogP contribution in [-0.4, -0.2) is 65.5 Å². The summed E-state index contributed by atoms with van der Waals surface area (Å²) < 4.78 is 5.04. The zero-order valence-corrected chi connectivity index (χ0v) is 15.9. The molecule has 1 N–H and O–H groups in total. The lowest BCUT2D eigenvalue weighted by Crippen LogP contribution is -2.42. The summed E-state index contributed by atoms with van der Waals surface area (Å²) in [7, 11) is 0. The van der Waals surface area contributed by atoms with Crippen LogP contribution in [0, 0.1) is 0 Å². The summed E-state index contributed by atoms with van der Waals surface area (Å²) in [6.45, 7) is 6.26. The van der Waals surface area contributed by atoms with Crippen LogP contribution < -0.4 is 0 Å². The van der Waals surface area contributed by atoms with Gasteiger partial charge in [-0.1, -0.05) is 0 Å². The van der Waals surface area contributed by atoms with Gasteiger partial charge in [0.1, 0.15) is 5.69 Å². The van der Waals surface area contributed by atoms with Gasteiger partial charge in [-0.05, 0) is 70.0 Å². The Kier molecular flexibility index (Phi) is 5.16. The maximum atomic E-state index is 13.1. The van der Waals surface area contributed by atoms with Crippen molar-refractivity contribution in [3.05, 3.63) is 35.5 Å². The van der Waals surface area contributed by atoms with Crippen molar-refractivity contribution in [2.45, 2.75) is 38.6 Å². The highest BCUT2D eigenvalue weighted by Crippen LogP contribution is 2.24. The zero-order chi connectivity index (χ0) is 18.8. The van der Waals surface area contributed by atoms with Gasteiger partial charge in [0, 0.05) is 35.6 Å². The number of H-pyrrole nitrogens is 1. The van der Waals surface area contributed by atoms with Crippen LogP contribution in [0.25, 0.3) is 10.9 Å². The van der Waals surface area contributed by atoms with Crippen LogP contribution >= 0.6 is 0 Å². The summed E-state index contributed by atoms with van der Waals surface area (Å²) in [6, 6.07) is 7.67. The van der Waals surface area contributed by atoms with Crippen LogP contribution in [0.15, 0.2) is 24.3 Å². The molecule has 1 amide bonds. The van der Waals surface area contributed by atoms with Crippen molar-refractivity contribution in [2.24, 2.45) is 0 Å². The predicted octanol–water partition coefficient (Wildman–Crippen LogP) is 3.05. The minimum atomic E-state index is -0.369. The van der Waals surface area contributed by atoms with E-state index >= 15 is 0 Å². The lowest BCUT2D eigenvalue weighted by molar-refractivity contribution is 0.0520. The number of rotatable bonds is 5. The lowest BCUT2D eigenvalue weighted by atomic mass is 10.1. The number of likely N-dealkylation sites (tertiary alicyclic amines) is 2. The van der Waals surface area contributed by atoms with E-state index in [1.54, 1.807) is 13.0 Å². The Hall–Kier alpha value is -2.34. The minimum Gasteiger partial charge on any atom is -0.461 e. The molecule has 4 rings (SSSR count). The molecule has 27 heavy (non-hydrogen) atoms. The van der Waals surface area contributed by atoms with Crippen molar-refractivity contribution in [1.82, 2.24) is 14.8 Å². The smallest absolute Gasteiger partial charge is 0.354 e. The molecule has 2 aliphatic rings. The number of benzene rings is 1. The summed E-state index contributed by atoms with van der Waals surface area (Å²) in [6.07, 6.45) is 4.70. The maximum absolute atomic E-state index is 13.1. The Bertz CT molecular complexity index is 838. The summed E-state index contributed by atoms with van der Waals surface area (Å²) in [5, 5.41) is 0.860. The second kappa shape index (κ2) is 7.72. The number of aromatic nitrogens is 1. The summed E-state index contributed by atoms with van der Waals surface area (Å²) in [5.74, 6) is -0.274. The lowest BCUT2D eigenvalue weighted by Gasteiger charge is -2.28. The molecule has 0 spiro atoms. The molecular weight excluding hydrogens is 342 g/mol. The Morgan fingerprint density at radius 3 is 2.74 bits per heavy atom. The van der Waals surface area contributed by atoms with Crippen molar-refractivity contribution in [3.8, 4) is 0 Å². The molecule has 2 aliphatic heterocycles. The molecule has 6 heteroatoms. The van der Waals surface area contributed by atoms with E-state index in [1.807, 2.05) is 23.1 Å². The third-order valence-electron chi connectivity index (χ3n) is 5.67. The summed E-state index contributed by atoms with van der Waals surface area (Å²) in [4.78, 5) is 32.6. The first-order chi connectivity index (χ1) is 13.2. The van der Waals surface area contributed by atoms with Gasteiger partial charge in [-0.2, -0.15) is 0 Å². The van der Waals surface area contributed by atoms with Crippen LogP contribution in [0.5, 0.6) is 0 Å². The second-order valence-electron chi connectivity index (χ2n) is 7.51. The Morgan fingerprint density at radius 1 is 1.15 bits per heavy atom. The largest absolute Gasteiger partial charge is 0.461 e. The molecule has 2 saturated heterocycles. The highest BCUT2D eigenvalue weighted by atomic mass is 16.5. The summed E-state index contributed by atoms with van der Waals surface area (Å²) in [5.41, 5.74) is 1.94. The number of hydrogen-bond acceptors (Lipinski definition) is 4. The SMILES string of the molecule is CCOC(=O)c1cc2cc(C(=O)N3CCCC3CN3CCCC3)ccc2[nH]1. The number of carbonyl (C=O) groups excluding carboxylic acids is 2. The monoisotopic (exact) mass is 369 g/mol. The van der Waals surface area contributed by atoms with Gasteiger partial charge >= 0.3 is 5.97 Å². The van der Waals surface area contributed by atoms with Gasteiger partial charge in [0.15, 0.2) is 0 Å². The number of esters is 1. The molecule has 0 aliphatic carbocycles. The van der Waals surface area contributed by atoms with E-state index in [0.717, 1.165) is 49.9 Å². The van der Waals surface area contributed by atoms with E-state index in [-0.39, 0.29) is 11.9 Å². The topological polar surface area (TPSA) is 65.6 Å². The first kappa shape index (κ1) is 18.0. The van der Waals surface area contributed by atoms with Crippen molar-refractivity contribution in [1.29, 1.82) is 0 Å². The first-order valence-electron chi connectivity index (χ1n) is 9.99. The number of nitrogens with one attached hydrogen (secondary N) is 1. The van der Waals surface area contributed by atoms with Gasteiger partial charge in [0.2, 0.25) is 0 Å². The first-order valence-corrected chi connectivity index (χ1v) is 9.99. The van der Waals surface area contributed by atoms with Crippen LogP contribution in [-0.2, 0) is 4.74 Å². The highest BCUT2D eigenvalue weighted by Gasteiger charge is 2.31. The van der Waals surface area contributed by atoms with E-state index < -0.39 is 0 Å². The molecule has 2 aromatic rings. The molecule has 0 saturated carbocycles. The predicted molar refractivity (Wildman–Crippen MR) is 104 cm³/mol. The number of aromatic amines is 1. The summed E-state index contributed by atoms with van der Waals surface area (Å²) >= 11 is 0. The van der Waals surface area contributed by atoms with Gasteiger partial charge in [-0.3, -0.25) is 4.79 Å². The van der Waals surface area contributed by atoms with Crippen molar-refractivity contribution in [3.63, 3.8) is 0 Å². The average Bonchev–Trinajstić information content (AvgIpc) is 3.41. The maximum Gasteiger partial charge on any atom is 0.354 e. The molecule has 1 aromatic carbocycles. The fourth-order valence-electron chi connectivity index (χ4n) is 4.31. The van der Waals surface area contributed by atoms with Crippen LogP contribution in [0.4, 0.5) is 0 Å². The molecule has 6 nitrogen and oxygen atoms in total. The fourth-order valence-corrected chi connectivity index (χ4v) is 4.31. The molecule has 0 radical (unpaired) electrons. The molecule has 0 bridgehead atoms. The van der Waals surface area contributed by atoms with E-state index in [0.29, 0.717) is 23.9 Å². The van der Waals surface area contributed by atoms with Gasteiger partial charge in [0.05, 0.1) is 6.61 Å². The van der Waals surface area contributed by atoms with Gasteiger partial charge in [-0.15, -0.1) is 0 Å². The molecule has 1 aromatic heterocycles. The van der Waals surface area contributed by atoms with Gasteiger partial charge in [0.25, 0.3) is 5.91 Å². The van der Waals surface area contributed by atoms with Crippen LogP contribution in [0.2, 0.25) is 0 Å². The zero-order valence-electron chi connectivity index (χ0n) is 15.9. The van der Waals surface area contributed by atoms with E-state index in [2.05, 4.69) is 9.88 Å². The van der Waals surface area contributed by atoms with Gasteiger partial charge < -0.3 is 19.5 Å². The number of nitrogens with zero attached hydrogens (tertiary/aromatic N) is 2. The van der Waals surface area contributed by atoms with Crippen molar-refractivity contribution < 1.29 is 14.3 Å². The van der Waals surface area contributed by atoms with E-state index in [1.165, 1.54) is 12.8 Å². The Labute approximate surface area is 159 Å². The minimum absolute atomic E-state index is 0.0949. The average molecular weight is 369 g/mol. The molecule has 1 unspecified atom stereocenters. The van der Waals surface area contributed by atoms with E-state index in [4.69, 9.17) is 4.74 Å². The fraction of sp³-hybridized carbons (Fsp3) is 0.524.